The highest BCUT2D eigenvalue weighted by atomic mass is 16.5. The van der Waals surface area contributed by atoms with E-state index >= 15 is 0 Å². The second kappa shape index (κ2) is 9.65. The number of carbonyl (C=O) groups excluding carboxylic acids is 1. The fourth-order valence-corrected chi connectivity index (χ4v) is 3.27. The van der Waals surface area contributed by atoms with Crippen LogP contribution < -0.4 is 9.80 Å². The zero-order valence-corrected chi connectivity index (χ0v) is 19.5. The van der Waals surface area contributed by atoms with E-state index in [4.69, 9.17) is 4.74 Å². The molecule has 0 aliphatic heterocycles. The molecule has 0 fully saturated rings. The number of benzene rings is 2. The first-order chi connectivity index (χ1) is 14.1. The van der Waals surface area contributed by atoms with Crippen LogP contribution in [0.15, 0.2) is 48.5 Å². The SMILES string of the molecule is CCC(Oc1ccc(C(C)(C)CC)cc1C(C)(C)CC)C(=O)N(O)c1ccccc1. The van der Waals surface area contributed by atoms with Gasteiger partial charge in [0.05, 0.1) is 5.69 Å². The van der Waals surface area contributed by atoms with Gasteiger partial charge in [0.25, 0.3) is 5.91 Å². The summed E-state index contributed by atoms with van der Waals surface area (Å²) in [6.45, 7) is 15.1. The number of nitrogens with zero attached hydrogens (tertiary/aromatic N) is 1. The number of carbonyl (C=O) groups is 1. The number of para-hydroxylation sites is 1. The van der Waals surface area contributed by atoms with Crippen molar-refractivity contribution in [3.05, 3.63) is 59.7 Å². The second-order valence-electron chi connectivity index (χ2n) is 9.19. The normalized spacial score (nSPS) is 13.1. The van der Waals surface area contributed by atoms with E-state index in [1.54, 1.807) is 24.3 Å². The molecular weight excluding hydrogens is 374 g/mol. The molecule has 4 nitrogen and oxygen atoms in total. The van der Waals surface area contributed by atoms with Crippen molar-refractivity contribution < 1.29 is 14.7 Å². The van der Waals surface area contributed by atoms with Crippen LogP contribution in [-0.4, -0.2) is 17.2 Å². The van der Waals surface area contributed by atoms with E-state index < -0.39 is 12.0 Å². The van der Waals surface area contributed by atoms with E-state index in [0.29, 0.717) is 22.9 Å². The number of hydrogen-bond acceptors (Lipinski definition) is 3. The number of rotatable bonds is 9. The minimum atomic E-state index is -0.772. The summed E-state index contributed by atoms with van der Waals surface area (Å²) < 4.78 is 6.24. The van der Waals surface area contributed by atoms with Gasteiger partial charge in [0.2, 0.25) is 0 Å². The third kappa shape index (κ3) is 5.23. The Morgan fingerprint density at radius 3 is 2.10 bits per heavy atom. The highest BCUT2D eigenvalue weighted by molar-refractivity contribution is 5.94. The largest absolute Gasteiger partial charge is 0.480 e. The van der Waals surface area contributed by atoms with Gasteiger partial charge in [-0.2, -0.15) is 5.06 Å². The van der Waals surface area contributed by atoms with Gasteiger partial charge in [-0.1, -0.05) is 78.8 Å². The fraction of sp³-hybridized carbons (Fsp3) is 0.500. The monoisotopic (exact) mass is 411 g/mol. The Balaban J connectivity index is 2.40. The van der Waals surface area contributed by atoms with E-state index in [1.165, 1.54) is 5.56 Å². The van der Waals surface area contributed by atoms with Crippen molar-refractivity contribution in [2.24, 2.45) is 0 Å². The van der Waals surface area contributed by atoms with Gasteiger partial charge in [-0.15, -0.1) is 0 Å². The lowest BCUT2D eigenvalue weighted by Crippen LogP contribution is -2.40. The van der Waals surface area contributed by atoms with Crippen LogP contribution >= 0.6 is 0 Å². The Hall–Kier alpha value is -2.33. The molecule has 0 radical (unpaired) electrons. The van der Waals surface area contributed by atoms with Crippen LogP contribution in [-0.2, 0) is 15.6 Å². The minimum Gasteiger partial charge on any atom is -0.480 e. The summed E-state index contributed by atoms with van der Waals surface area (Å²) in [5.41, 5.74) is 2.75. The molecule has 0 aliphatic carbocycles. The van der Waals surface area contributed by atoms with Crippen LogP contribution in [0.1, 0.15) is 78.9 Å². The van der Waals surface area contributed by atoms with Gasteiger partial charge in [0.15, 0.2) is 6.10 Å². The molecule has 1 unspecified atom stereocenters. The quantitative estimate of drug-likeness (QED) is 0.371. The van der Waals surface area contributed by atoms with Crippen molar-refractivity contribution >= 4 is 11.6 Å². The lowest BCUT2D eigenvalue weighted by molar-refractivity contribution is -0.130. The lowest BCUT2D eigenvalue weighted by Gasteiger charge is -2.31. The van der Waals surface area contributed by atoms with Crippen molar-refractivity contribution in [1.29, 1.82) is 0 Å². The van der Waals surface area contributed by atoms with Gasteiger partial charge in [-0.25, -0.2) is 0 Å². The van der Waals surface area contributed by atoms with Crippen LogP contribution in [0.3, 0.4) is 0 Å². The number of amides is 1. The van der Waals surface area contributed by atoms with Crippen LogP contribution in [0.4, 0.5) is 5.69 Å². The van der Waals surface area contributed by atoms with Gasteiger partial charge in [-0.05, 0) is 53.9 Å². The Morgan fingerprint density at radius 1 is 0.967 bits per heavy atom. The van der Waals surface area contributed by atoms with Gasteiger partial charge in [-0.3, -0.25) is 10.0 Å². The summed E-state index contributed by atoms with van der Waals surface area (Å²) in [6, 6.07) is 15.1. The summed E-state index contributed by atoms with van der Waals surface area (Å²) in [5, 5.41) is 11.1. The highest BCUT2D eigenvalue weighted by Gasteiger charge is 2.30. The average Bonchev–Trinajstić information content (AvgIpc) is 2.76. The molecule has 1 N–H and O–H groups in total. The van der Waals surface area contributed by atoms with Crippen molar-refractivity contribution in [2.75, 3.05) is 5.06 Å². The lowest BCUT2D eigenvalue weighted by atomic mass is 9.76. The predicted octanol–water partition coefficient (Wildman–Crippen LogP) is 6.64. The zero-order chi connectivity index (χ0) is 22.5. The van der Waals surface area contributed by atoms with E-state index in [0.717, 1.165) is 18.4 Å². The van der Waals surface area contributed by atoms with Crippen LogP contribution in [0.2, 0.25) is 0 Å². The molecule has 4 heteroatoms. The summed E-state index contributed by atoms with van der Waals surface area (Å²) >= 11 is 0. The third-order valence-corrected chi connectivity index (χ3v) is 6.38. The molecule has 1 amide bonds. The number of anilines is 1. The maximum absolute atomic E-state index is 12.9. The third-order valence-electron chi connectivity index (χ3n) is 6.38. The minimum absolute atomic E-state index is 0.0618. The molecular formula is C26H37NO3. The molecule has 2 rings (SSSR count). The van der Waals surface area contributed by atoms with E-state index in [2.05, 4.69) is 53.7 Å². The predicted molar refractivity (Wildman–Crippen MR) is 123 cm³/mol. The van der Waals surface area contributed by atoms with Gasteiger partial charge < -0.3 is 4.74 Å². The molecule has 0 aliphatic rings. The Labute approximate surface area is 181 Å². The summed E-state index contributed by atoms with van der Waals surface area (Å²) in [4.78, 5) is 12.9. The fourth-order valence-electron chi connectivity index (χ4n) is 3.27. The maximum atomic E-state index is 12.9. The standard InChI is InChI=1S/C26H37NO3/c1-8-22(24(28)27(29)20-14-12-11-13-15-20)30-23-17-16-19(25(4,5)9-2)18-21(23)26(6,7)10-3/h11-18,22,29H,8-10H2,1-7H3. The van der Waals surface area contributed by atoms with Gasteiger partial charge in [0.1, 0.15) is 5.75 Å². The number of hydrogen-bond donors (Lipinski definition) is 1. The molecule has 1 atom stereocenters. The van der Waals surface area contributed by atoms with Crippen molar-refractivity contribution in [3.63, 3.8) is 0 Å². The van der Waals surface area contributed by atoms with Gasteiger partial charge in [0, 0.05) is 5.56 Å². The van der Waals surface area contributed by atoms with E-state index in [-0.39, 0.29) is 10.8 Å². The van der Waals surface area contributed by atoms with Crippen LogP contribution in [0.5, 0.6) is 5.75 Å². The molecule has 0 spiro atoms. The summed E-state index contributed by atoms with van der Waals surface area (Å²) in [7, 11) is 0. The summed E-state index contributed by atoms with van der Waals surface area (Å²) in [5.74, 6) is 0.237. The van der Waals surface area contributed by atoms with Gasteiger partial charge >= 0.3 is 0 Å². The Bertz CT molecular complexity index is 843. The van der Waals surface area contributed by atoms with Crippen LogP contribution in [0.25, 0.3) is 0 Å². The number of ether oxygens (including phenoxy) is 1. The summed E-state index contributed by atoms with van der Waals surface area (Å²) in [6.07, 6.45) is 1.66. The number of hydroxylamine groups is 1. The molecule has 0 bridgehead atoms. The zero-order valence-electron chi connectivity index (χ0n) is 19.5. The van der Waals surface area contributed by atoms with E-state index in [1.807, 2.05) is 19.1 Å². The molecule has 164 valence electrons. The molecule has 30 heavy (non-hydrogen) atoms. The van der Waals surface area contributed by atoms with E-state index in [9.17, 15) is 10.0 Å². The highest BCUT2D eigenvalue weighted by Crippen LogP contribution is 2.39. The Morgan fingerprint density at radius 2 is 1.57 bits per heavy atom. The Kier molecular flexibility index (Phi) is 7.70. The molecule has 2 aromatic rings. The molecule has 0 saturated carbocycles. The molecule has 0 heterocycles. The first-order valence-electron chi connectivity index (χ1n) is 11.0. The average molecular weight is 412 g/mol. The first kappa shape index (κ1) is 23.9. The smallest absolute Gasteiger partial charge is 0.291 e. The first-order valence-corrected chi connectivity index (χ1v) is 11.0. The van der Waals surface area contributed by atoms with Crippen molar-refractivity contribution in [3.8, 4) is 5.75 Å². The second-order valence-corrected chi connectivity index (χ2v) is 9.19. The van der Waals surface area contributed by atoms with Crippen molar-refractivity contribution in [1.82, 2.24) is 0 Å². The van der Waals surface area contributed by atoms with Crippen LogP contribution in [0, 0.1) is 0 Å². The molecule has 2 aromatic carbocycles. The molecule has 0 saturated heterocycles. The molecule has 0 aromatic heterocycles. The topological polar surface area (TPSA) is 49.8 Å². The van der Waals surface area contributed by atoms with Crippen molar-refractivity contribution in [2.45, 2.75) is 84.7 Å². The maximum Gasteiger partial charge on any atom is 0.291 e.